The first-order chi connectivity index (χ1) is 16.7. The Kier molecular flexibility index (Phi) is 6.25. The van der Waals surface area contributed by atoms with Crippen molar-refractivity contribution in [2.45, 2.75) is 17.7 Å². The number of ether oxygens (including phenoxy) is 1. The smallest absolute Gasteiger partial charge is 0.243 e. The van der Waals surface area contributed by atoms with Crippen LogP contribution in [-0.2, 0) is 36.0 Å². The van der Waals surface area contributed by atoms with Crippen LogP contribution in [0.25, 0.3) is 10.9 Å². The average Bonchev–Trinajstić information content (AvgIpc) is 3.41. The third-order valence-electron chi connectivity index (χ3n) is 6.09. The van der Waals surface area contributed by atoms with E-state index in [0.717, 1.165) is 0 Å². The van der Waals surface area contributed by atoms with Crippen LogP contribution in [0.5, 0.6) is 0 Å². The maximum atomic E-state index is 12.8. The summed E-state index contributed by atoms with van der Waals surface area (Å²) >= 11 is 0. The van der Waals surface area contributed by atoms with Gasteiger partial charge in [0.05, 0.1) is 41.5 Å². The molecular formula is C22H25N5O6S2. The number of carbonyl (C=O) groups is 1. The van der Waals surface area contributed by atoms with Crippen LogP contribution >= 0.6 is 0 Å². The van der Waals surface area contributed by atoms with E-state index in [9.17, 15) is 21.6 Å². The fraction of sp³-hybridized carbons (Fsp3) is 0.364. The second-order valence-corrected chi connectivity index (χ2v) is 12.4. The van der Waals surface area contributed by atoms with E-state index in [1.165, 1.54) is 20.7 Å². The number of amides is 1. The summed E-state index contributed by atoms with van der Waals surface area (Å²) in [6, 6.07) is 11.4. The molecule has 0 unspecified atom stereocenters. The molecule has 0 atom stereocenters. The van der Waals surface area contributed by atoms with E-state index in [4.69, 9.17) is 4.74 Å². The summed E-state index contributed by atoms with van der Waals surface area (Å²) < 4.78 is 58.0. The van der Waals surface area contributed by atoms with Crippen molar-refractivity contribution >= 4 is 48.4 Å². The van der Waals surface area contributed by atoms with Gasteiger partial charge in [-0.05, 0) is 42.3 Å². The number of aromatic amines is 1. The van der Waals surface area contributed by atoms with Crippen molar-refractivity contribution in [1.29, 1.82) is 0 Å². The van der Waals surface area contributed by atoms with Crippen LogP contribution in [0.2, 0.25) is 0 Å². The molecule has 11 nitrogen and oxygen atoms in total. The highest BCUT2D eigenvalue weighted by molar-refractivity contribution is 7.93. The SMILES string of the molecule is O=C(Cc1ccc(S(=O)(=O)N2CCOCC2)cc1)Nc1n[nH]c2ccc(N3CCCS3(=O)=O)cc12. The number of fused-ring (bicyclic) bond motifs is 1. The molecule has 0 radical (unpaired) electrons. The Labute approximate surface area is 203 Å². The molecule has 2 fully saturated rings. The quantitative estimate of drug-likeness (QED) is 0.500. The van der Waals surface area contributed by atoms with E-state index in [2.05, 4.69) is 15.5 Å². The average molecular weight is 520 g/mol. The summed E-state index contributed by atoms with van der Waals surface area (Å²) in [6.45, 7) is 1.79. The number of hydrogen-bond donors (Lipinski definition) is 2. The monoisotopic (exact) mass is 519 g/mol. The molecule has 0 spiro atoms. The molecule has 0 bridgehead atoms. The normalized spacial score (nSPS) is 18.7. The van der Waals surface area contributed by atoms with Crippen molar-refractivity contribution in [3.63, 3.8) is 0 Å². The van der Waals surface area contributed by atoms with Crippen molar-refractivity contribution in [2.75, 3.05) is 48.2 Å². The van der Waals surface area contributed by atoms with Gasteiger partial charge in [-0.1, -0.05) is 12.1 Å². The van der Waals surface area contributed by atoms with Gasteiger partial charge >= 0.3 is 0 Å². The van der Waals surface area contributed by atoms with Gasteiger partial charge in [0.25, 0.3) is 0 Å². The Morgan fingerprint density at radius 3 is 2.51 bits per heavy atom. The molecular weight excluding hydrogens is 494 g/mol. The molecule has 186 valence electrons. The van der Waals surface area contributed by atoms with E-state index in [0.29, 0.717) is 67.2 Å². The van der Waals surface area contributed by atoms with E-state index in [1.54, 1.807) is 30.3 Å². The van der Waals surface area contributed by atoms with E-state index < -0.39 is 20.0 Å². The highest BCUT2D eigenvalue weighted by Crippen LogP contribution is 2.30. The Morgan fingerprint density at radius 1 is 1.09 bits per heavy atom. The van der Waals surface area contributed by atoms with Crippen molar-refractivity contribution in [2.24, 2.45) is 0 Å². The molecule has 1 amide bonds. The maximum Gasteiger partial charge on any atom is 0.243 e. The molecule has 5 rings (SSSR count). The largest absolute Gasteiger partial charge is 0.379 e. The van der Waals surface area contributed by atoms with Crippen molar-refractivity contribution < 1.29 is 26.4 Å². The van der Waals surface area contributed by atoms with Crippen molar-refractivity contribution in [3.8, 4) is 0 Å². The number of benzene rings is 2. The molecule has 2 N–H and O–H groups in total. The summed E-state index contributed by atoms with van der Waals surface area (Å²) in [5.41, 5.74) is 1.84. The topological polar surface area (TPSA) is 142 Å². The van der Waals surface area contributed by atoms with E-state index in [-0.39, 0.29) is 23.0 Å². The summed E-state index contributed by atoms with van der Waals surface area (Å²) in [5, 5.41) is 10.4. The Balaban J connectivity index is 1.29. The lowest BCUT2D eigenvalue weighted by atomic mass is 10.1. The van der Waals surface area contributed by atoms with Gasteiger partial charge in [0.1, 0.15) is 0 Å². The maximum absolute atomic E-state index is 12.8. The van der Waals surface area contributed by atoms with Crippen molar-refractivity contribution in [1.82, 2.24) is 14.5 Å². The predicted octanol–water partition coefficient (Wildman–Crippen LogP) is 1.30. The van der Waals surface area contributed by atoms with Crippen LogP contribution in [-0.4, -0.2) is 75.8 Å². The van der Waals surface area contributed by atoms with Gasteiger partial charge in [0.2, 0.25) is 26.0 Å². The minimum Gasteiger partial charge on any atom is -0.379 e. The number of nitrogens with one attached hydrogen (secondary N) is 2. The first-order valence-corrected chi connectivity index (χ1v) is 14.2. The second-order valence-electron chi connectivity index (χ2n) is 8.43. The number of sulfonamides is 2. The second kappa shape index (κ2) is 9.22. The highest BCUT2D eigenvalue weighted by Gasteiger charge is 2.29. The molecule has 2 aromatic carbocycles. The first kappa shape index (κ1) is 23.7. The fourth-order valence-corrected chi connectivity index (χ4v) is 7.22. The molecule has 2 aliphatic rings. The first-order valence-electron chi connectivity index (χ1n) is 11.2. The lowest BCUT2D eigenvalue weighted by Crippen LogP contribution is -2.40. The van der Waals surface area contributed by atoms with Gasteiger partial charge in [-0.15, -0.1) is 0 Å². The molecule has 0 saturated carbocycles. The number of hydrogen-bond acceptors (Lipinski definition) is 7. The van der Waals surface area contributed by atoms with Gasteiger partial charge in [-0.25, -0.2) is 16.8 Å². The fourth-order valence-electron chi connectivity index (χ4n) is 4.26. The van der Waals surface area contributed by atoms with E-state index in [1.807, 2.05) is 0 Å². The van der Waals surface area contributed by atoms with Crippen LogP contribution in [0.1, 0.15) is 12.0 Å². The minimum absolute atomic E-state index is 0.0203. The van der Waals surface area contributed by atoms with Crippen LogP contribution in [0.3, 0.4) is 0 Å². The zero-order chi connectivity index (χ0) is 24.6. The standard InChI is InChI=1S/C22H25N5O6S2/c28-21(14-16-2-5-18(6-3-16)35(31,32)26-9-11-33-12-10-26)23-22-19-15-17(4-7-20(19)24-25-22)27-8-1-13-34(27,29)30/h2-7,15H,1,8-14H2,(H2,23,24,25,28). The third-order valence-corrected chi connectivity index (χ3v) is 9.87. The lowest BCUT2D eigenvalue weighted by Gasteiger charge is -2.26. The predicted molar refractivity (Wildman–Crippen MR) is 130 cm³/mol. The number of anilines is 2. The molecule has 2 saturated heterocycles. The summed E-state index contributed by atoms with van der Waals surface area (Å²) in [7, 11) is -6.93. The highest BCUT2D eigenvalue weighted by atomic mass is 32.2. The third kappa shape index (κ3) is 4.76. The number of carbonyl (C=O) groups excluding carboxylic acids is 1. The van der Waals surface area contributed by atoms with Crippen LogP contribution in [0, 0.1) is 0 Å². The number of nitrogens with zero attached hydrogens (tertiary/aromatic N) is 3. The van der Waals surface area contributed by atoms with Gasteiger partial charge in [0.15, 0.2) is 5.82 Å². The van der Waals surface area contributed by atoms with Crippen LogP contribution < -0.4 is 9.62 Å². The number of aromatic nitrogens is 2. The van der Waals surface area contributed by atoms with Crippen LogP contribution in [0.4, 0.5) is 11.5 Å². The number of rotatable bonds is 6. The molecule has 35 heavy (non-hydrogen) atoms. The zero-order valence-electron chi connectivity index (χ0n) is 18.8. The van der Waals surface area contributed by atoms with Crippen LogP contribution in [0.15, 0.2) is 47.4 Å². The molecule has 13 heteroatoms. The summed E-state index contributed by atoms with van der Waals surface area (Å²) in [4.78, 5) is 12.9. The molecule has 3 heterocycles. The molecule has 0 aliphatic carbocycles. The molecule has 3 aromatic rings. The summed E-state index contributed by atoms with van der Waals surface area (Å²) in [5.74, 6) is 0.0865. The number of H-pyrrole nitrogens is 1. The van der Waals surface area contributed by atoms with Gasteiger partial charge < -0.3 is 10.1 Å². The van der Waals surface area contributed by atoms with Crippen molar-refractivity contribution in [3.05, 3.63) is 48.0 Å². The van der Waals surface area contributed by atoms with Gasteiger partial charge in [-0.3, -0.25) is 14.2 Å². The lowest BCUT2D eigenvalue weighted by molar-refractivity contribution is -0.115. The summed E-state index contributed by atoms with van der Waals surface area (Å²) in [6.07, 6.45) is 0.592. The number of morpholine rings is 1. The molecule has 2 aliphatic heterocycles. The Bertz CT molecular complexity index is 1460. The Morgan fingerprint density at radius 2 is 1.83 bits per heavy atom. The van der Waals surface area contributed by atoms with Gasteiger partial charge in [0, 0.05) is 25.0 Å². The minimum atomic E-state index is -3.60. The molecule has 1 aromatic heterocycles. The van der Waals surface area contributed by atoms with Gasteiger partial charge in [-0.2, -0.15) is 9.40 Å². The van der Waals surface area contributed by atoms with E-state index >= 15 is 0 Å². The Hall–Kier alpha value is -3.00. The zero-order valence-corrected chi connectivity index (χ0v) is 20.4.